The van der Waals surface area contributed by atoms with E-state index in [9.17, 15) is 0 Å². The standard InChI is InChI=1S/C12H12N2OS2/c1-2-15-11-10(9-4-3-6-16-9)14-12-8(13-11)5-7-17-12/h4-5,7H,2-3,6H2,1H3. The van der Waals surface area contributed by atoms with Gasteiger partial charge in [0.1, 0.15) is 16.0 Å². The van der Waals surface area contributed by atoms with Crippen LogP contribution in [0.15, 0.2) is 17.5 Å². The topological polar surface area (TPSA) is 35.0 Å². The van der Waals surface area contributed by atoms with Gasteiger partial charge in [0.15, 0.2) is 0 Å². The summed E-state index contributed by atoms with van der Waals surface area (Å²) < 4.78 is 5.60. The zero-order valence-corrected chi connectivity index (χ0v) is 11.1. The molecule has 0 unspecified atom stereocenters. The average molecular weight is 264 g/mol. The summed E-state index contributed by atoms with van der Waals surface area (Å²) in [5.74, 6) is 1.80. The number of thiophene rings is 1. The molecule has 0 aliphatic carbocycles. The van der Waals surface area contributed by atoms with Crippen molar-refractivity contribution in [2.45, 2.75) is 13.3 Å². The third kappa shape index (κ3) is 2.05. The molecule has 88 valence electrons. The Hall–Kier alpha value is -1.07. The van der Waals surface area contributed by atoms with Crippen molar-refractivity contribution >= 4 is 38.4 Å². The number of hydrogen-bond acceptors (Lipinski definition) is 5. The number of nitrogens with zero attached hydrogens (tertiary/aromatic N) is 2. The predicted molar refractivity (Wildman–Crippen MR) is 73.6 cm³/mol. The zero-order valence-electron chi connectivity index (χ0n) is 9.47. The number of allylic oxidation sites excluding steroid dienone is 1. The summed E-state index contributed by atoms with van der Waals surface area (Å²) in [7, 11) is 0. The van der Waals surface area contributed by atoms with Gasteiger partial charge in [-0.1, -0.05) is 6.08 Å². The minimum atomic E-state index is 0.620. The first kappa shape index (κ1) is 11.0. The van der Waals surface area contributed by atoms with Crippen molar-refractivity contribution in [1.29, 1.82) is 0 Å². The summed E-state index contributed by atoms with van der Waals surface area (Å²) in [6, 6.07) is 1.98. The highest BCUT2D eigenvalue weighted by molar-refractivity contribution is 8.08. The molecule has 3 nitrogen and oxygen atoms in total. The van der Waals surface area contributed by atoms with Crippen molar-refractivity contribution in [3.05, 3.63) is 23.2 Å². The highest BCUT2D eigenvalue weighted by Gasteiger charge is 2.17. The molecule has 3 heterocycles. The third-order valence-corrected chi connectivity index (χ3v) is 4.39. The van der Waals surface area contributed by atoms with E-state index in [2.05, 4.69) is 16.0 Å². The maximum absolute atomic E-state index is 5.60. The molecule has 1 aliphatic rings. The van der Waals surface area contributed by atoms with Crippen molar-refractivity contribution < 1.29 is 4.74 Å². The second-order valence-electron chi connectivity index (χ2n) is 3.63. The fourth-order valence-electron chi connectivity index (χ4n) is 1.76. The van der Waals surface area contributed by atoms with Crippen LogP contribution in [0.2, 0.25) is 0 Å². The number of ether oxygens (including phenoxy) is 1. The molecule has 0 atom stereocenters. The van der Waals surface area contributed by atoms with Crippen LogP contribution in [0.5, 0.6) is 5.88 Å². The SMILES string of the molecule is CCOc1nc2ccsc2nc1C1=CCCS1. The Morgan fingerprint density at radius 2 is 2.35 bits per heavy atom. The van der Waals surface area contributed by atoms with Crippen LogP contribution in [0.1, 0.15) is 19.0 Å². The van der Waals surface area contributed by atoms with Crippen molar-refractivity contribution in [3.8, 4) is 5.88 Å². The smallest absolute Gasteiger partial charge is 0.241 e. The highest BCUT2D eigenvalue weighted by Crippen LogP contribution is 2.38. The van der Waals surface area contributed by atoms with E-state index in [0.29, 0.717) is 12.5 Å². The van der Waals surface area contributed by atoms with Gasteiger partial charge in [-0.2, -0.15) is 0 Å². The molecule has 0 saturated heterocycles. The molecule has 0 bridgehead atoms. The molecule has 0 fully saturated rings. The van der Waals surface area contributed by atoms with Gasteiger partial charge < -0.3 is 4.74 Å². The lowest BCUT2D eigenvalue weighted by atomic mass is 10.3. The maximum atomic E-state index is 5.60. The van der Waals surface area contributed by atoms with E-state index >= 15 is 0 Å². The molecule has 5 heteroatoms. The number of fused-ring (bicyclic) bond motifs is 1. The Labute approximate surface area is 108 Å². The minimum Gasteiger partial charge on any atom is -0.476 e. The van der Waals surface area contributed by atoms with Crippen molar-refractivity contribution in [2.24, 2.45) is 0 Å². The quantitative estimate of drug-likeness (QED) is 0.849. The Kier molecular flexibility index (Phi) is 3.03. The summed E-state index contributed by atoms with van der Waals surface area (Å²) in [5.41, 5.74) is 1.83. The van der Waals surface area contributed by atoms with E-state index in [1.807, 2.05) is 30.1 Å². The molecule has 0 aromatic carbocycles. The first-order chi connectivity index (χ1) is 8.38. The average Bonchev–Trinajstić information content (AvgIpc) is 2.98. The van der Waals surface area contributed by atoms with Gasteiger partial charge in [0, 0.05) is 10.7 Å². The summed E-state index contributed by atoms with van der Waals surface area (Å²) in [5, 5.41) is 2.01. The van der Waals surface area contributed by atoms with E-state index in [1.54, 1.807) is 11.3 Å². The normalized spacial score (nSPS) is 15.2. The van der Waals surface area contributed by atoms with E-state index in [-0.39, 0.29) is 0 Å². The van der Waals surface area contributed by atoms with Crippen LogP contribution in [0, 0.1) is 0 Å². The lowest BCUT2D eigenvalue weighted by Gasteiger charge is -2.08. The number of hydrogen-bond donors (Lipinski definition) is 0. The van der Waals surface area contributed by atoms with Crippen LogP contribution in [0.25, 0.3) is 15.3 Å². The van der Waals surface area contributed by atoms with Gasteiger partial charge in [0.2, 0.25) is 5.88 Å². The van der Waals surface area contributed by atoms with Crippen LogP contribution in [0.3, 0.4) is 0 Å². The molecule has 17 heavy (non-hydrogen) atoms. The molecule has 3 rings (SSSR count). The summed E-state index contributed by atoms with van der Waals surface area (Å²) >= 11 is 3.45. The monoisotopic (exact) mass is 264 g/mol. The van der Waals surface area contributed by atoms with E-state index < -0.39 is 0 Å². The molecule has 0 saturated carbocycles. The molecule has 0 N–H and O–H groups in total. The van der Waals surface area contributed by atoms with Gasteiger partial charge in [-0.05, 0) is 24.8 Å². The molecule has 0 spiro atoms. The van der Waals surface area contributed by atoms with Crippen molar-refractivity contribution in [3.63, 3.8) is 0 Å². The molecule has 1 aliphatic heterocycles. The van der Waals surface area contributed by atoms with Gasteiger partial charge in [-0.3, -0.25) is 0 Å². The molecular formula is C12H12N2OS2. The van der Waals surface area contributed by atoms with E-state index in [1.165, 1.54) is 4.91 Å². The second-order valence-corrected chi connectivity index (χ2v) is 5.66. The van der Waals surface area contributed by atoms with Crippen LogP contribution < -0.4 is 4.74 Å². The fourth-order valence-corrected chi connectivity index (χ4v) is 3.42. The number of rotatable bonds is 3. The first-order valence-electron chi connectivity index (χ1n) is 5.60. The predicted octanol–water partition coefficient (Wildman–Crippen LogP) is 3.57. The van der Waals surface area contributed by atoms with Crippen molar-refractivity contribution in [1.82, 2.24) is 9.97 Å². The maximum Gasteiger partial charge on any atom is 0.241 e. The Morgan fingerprint density at radius 3 is 3.12 bits per heavy atom. The summed E-state index contributed by atoms with van der Waals surface area (Å²) in [4.78, 5) is 11.4. The van der Waals surface area contributed by atoms with Crippen LogP contribution in [0.4, 0.5) is 0 Å². The molecule has 0 amide bonds. The fraction of sp³-hybridized carbons (Fsp3) is 0.333. The summed E-state index contributed by atoms with van der Waals surface area (Å²) in [6.07, 6.45) is 3.33. The summed E-state index contributed by atoms with van der Waals surface area (Å²) in [6.45, 7) is 2.59. The number of aromatic nitrogens is 2. The lowest BCUT2D eigenvalue weighted by Crippen LogP contribution is -2.00. The number of thioether (sulfide) groups is 1. The second kappa shape index (κ2) is 4.66. The third-order valence-electron chi connectivity index (χ3n) is 2.48. The lowest BCUT2D eigenvalue weighted by molar-refractivity contribution is 0.326. The molecular weight excluding hydrogens is 252 g/mol. The Morgan fingerprint density at radius 1 is 1.41 bits per heavy atom. The zero-order chi connectivity index (χ0) is 11.7. The first-order valence-corrected chi connectivity index (χ1v) is 7.46. The van der Waals surface area contributed by atoms with Crippen molar-refractivity contribution in [2.75, 3.05) is 12.4 Å². The van der Waals surface area contributed by atoms with Gasteiger partial charge in [-0.25, -0.2) is 9.97 Å². The largest absolute Gasteiger partial charge is 0.476 e. The molecule has 0 radical (unpaired) electrons. The van der Waals surface area contributed by atoms with Gasteiger partial charge in [0.05, 0.1) is 6.61 Å². The Bertz CT molecular complexity index is 577. The van der Waals surface area contributed by atoms with E-state index in [4.69, 9.17) is 4.74 Å². The molecule has 2 aromatic rings. The van der Waals surface area contributed by atoms with Gasteiger partial charge in [-0.15, -0.1) is 23.1 Å². The Balaban J connectivity index is 2.14. The minimum absolute atomic E-state index is 0.620. The van der Waals surface area contributed by atoms with Crippen LogP contribution in [-0.4, -0.2) is 22.3 Å². The molecule has 2 aromatic heterocycles. The van der Waals surface area contributed by atoms with Crippen LogP contribution in [-0.2, 0) is 0 Å². The highest BCUT2D eigenvalue weighted by atomic mass is 32.2. The van der Waals surface area contributed by atoms with Crippen LogP contribution >= 0.6 is 23.1 Å². The van der Waals surface area contributed by atoms with E-state index in [0.717, 1.165) is 28.2 Å². The van der Waals surface area contributed by atoms with Gasteiger partial charge in [0.25, 0.3) is 0 Å². The van der Waals surface area contributed by atoms with Gasteiger partial charge >= 0.3 is 0 Å².